The number of rotatable bonds is 0. The fourth-order valence-electron chi connectivity index (χ4n) is 1.46. The molecule has 0 atom stereocenters. The number of benzene rings is 2. The van der Waals surface area contributed by atoms with Gasteiger partial charge in [0.1, 0.15) is 0 Å². The molecule has 0 saturated heterocycles. The SMILES string of the molecule is Fc1c(F)c(F)c2c(F)c(Br)c(F)c(F)c2c1F. The van der Waals surface area contributed by atoms with Gasteiger partial charge in [-0.15, -0.1) is 0 Å². The fraction of sp³-hybridized carbons (Fsp3) is 0. The summed E-state index contributed by atoms with van der Waals surface area (Å²) in [5.41, 5.74) is 0. The van der Waals surface area contributed by atoms with Crippen LogP contribution in [0.5, 0.6) is 0 Å². The van der Waals surface area contributed by atoms with Crippen LogP contribution in [0.1, 0.15) is 0 Å². The van der Waals surface area contributed by atoms with Gasteiger partial charge in [0, 0.05) is 0 Å². The van der Waals surface area contributed by atoms with Crippen LogP contribution in [-0.4, -0.2) is 0 Å². The van der Waals surface area contributed by atoms with Gasteiger partial charge in [0.05, 0.1) is 15.2 Å². The zero-order valence-electron chi connectivity index (χ0n) is 8.02. The summed E-state index contributed by atoms with van der Waals surface area (Å²) in [6, 6.07) is 0. The van der Waals surface area contributed by atoms with Gasteiger partial charge in [-0.3, -0.25) is 0 Å². The molecular weight excluding hydrogens is 333 g/mol. The Morgan fingerprint density at radius 3 is 1.22 bits per heavy atom. The van der Waals surface area contributed by atoms with E-state index in [1.807, 2.05) is 0 Å². The molecular formula is C10BrF7. The van der Waals surface area contributed by atoms with Crippen molar-refractivity contribution in [2.75, 3.05) is 0 Å². The number of fused-ring (bicyclic) bond motifs is 1. The minimum Gasteiger partial charge on any atom is -0.205 e. The van der Waals surface area contributed by atoms with Crippen molar-refractivity contribution in [1.29, 1.82) is 0 Å². The summed E-state index contributed by atoms with van der Waals surface area (Å²) < 4.78 is 90.9. The average Bonchev–Trinajstić information content (AvgIpc) is 2.35. The molecule has 0 unspecified atom stereocenters. The van der Waals surface area contributed by atoms with Crippen molar-refractivity contribution in [1.82, 2.24) is 0 Å². The second-order valence-corrected chi connectivity index (χ2v) is 4.05. The van der Waals surface area contributed by atoms with Crippen molar-refractivity contribution in [2.45, 2.75) is 0 Å². The third-order valence-electron chi connectivity index (χ3n) is 2.28. The van der Waals surface area contributed by atoms with Gasteiger partial charge in [-0.1, -0.05) is 0 Å². The molecule has 96 valence electrons. The Balaban J connectivity index is 3.22. The topological polar surface area (TPSA) is 0 Å². The third kappa shape index (κ3) is 1.51. The Morgan fingerprint density at radius 1 is 0.444 bits per heavy atom. The highest BCUT2D eigenvalue weighted by atomic mass is 79.9. The van der Waals surface area contributed by atoms with Gasteiger partial charge in [-0.05, 0) is 15.9 Å². The first-order valence-corrected chi connectivity index (χ1v) is 5.05. The highest BCUT2D eigenvalue weighted by Crippen LogP contribution is 2.36. The van der Waals surface area contributed by atoms with E-state index in [1.165, 1.54) is 0 Å². The zero-order valence-corrected chi connectivity index (χ0v) is 9.61. The summed E-state index contributed by atoms with van der Waals surface area (Å²) >= 11 is 2.26. The molecule has 0 heterocycles. The van der Waals surface area contributed by atoms with Gasteiger partial charge in [-0.2, -0.15) is 0 Å². The predicted octanol–water partition coefficient (Wildman–Crippen LogP) is 4.58. The van der Waals surface area contributed by atoms with E-state index in [2.05, 4.69) is 15.9 Å². The molecule has 2 aromatic carbocycles. The van der Waals surface area contributed by atoms with E-state index in [1.54, 1.807) is 0 Å². The van der Waals surface area contributed by atoms with E-state index in [4.69, 9.17) is 0 Å². The molecule has 0 nitrogen and oxygen atoms in total. The Labute approximate surface area is 103 Å². The second kappa shape index (κ2) is 4.11. The maximum atomic E-state index is 13.4. The van der Waals surface area contributed by atoms with Crippen LogP contribution in [0.3, 0.4) is 0 Å². The summed E-state index contributed by atoms with van der Waals surface area (Å²) in [5, 5.41) is -3.12. The largest absolute Gasteiger partial charge is 0.205 e. The van der Waals surface area contributed by atoms with Gasteiger partial charge in [0.25, 0.3) is 0 Å². The van der Waals surface area contributed by atoms with Gasteiger partial charge in [-0.25, -0.2) is 30.7 Å². The predicted molar refractivity (Wildman–Crippen MR) is 51.4 cm³/mol. The van der Waals surface area contributed by atoms with Crippen LogP contribution in [0, 0.1) is 40.7 Å². The Morgan fingerprint density at radius 2 is 0.778 bits per heavy atom. The van der Waals surface area contributed by atoms with E-state index in [-0.39, 0.29) is 0 Å². The van der Waals surface area contributed by atoms with E-state index in [0.717, 1.165) is 0 Å². The van der Waals surface area contributed by atoms with E-state index in [0.29, 0.717) is 0 Å². The molecule has 0 amide bonds. The van der Waals surface area contributed by atoms with Gasteiger partial charge >= 0.3 is 0 Å². The maximum absolute atomic E-state index is 13.4. The second-order valence-electron chi connectivity index (χ2n) is 3.26. The molecule has 0 aromatic heterocycles. The Kier molecular flexibility index (Phi) is 3.00. The number of halogens is 8. The third-order valence-corrected chi connectivity index (χ3v) is 2.98. The quantitative estimate of drug-likeness (QED) is 0.376. The fourth-order valence-corrected chi connectivity index (χ4v) is 1.83. The first-order valence-electron chi connectivity index (χ1n) is 4.26. The first-order chi connectivity index (χ1) is 8.29. The summed E-state index contributed by atoms with van der Waals surface area (Å²) in [7, 11) is 0. The van der Waals surface area contributed by atoms with Gasteiger partial charge < -0.3 is 0 Å². The van der Waals surface area contributed by atoms with Crippen LogP contribution < -0.4 is 0 Å². The lowest BCUT2D eigenvalue weighted by molar-refractivity contribution is 0.411. The minimum absolute atomic E-state index is 1.14. The highest BCUT2D eigenvalue weighted by molar-refractivity contribution is 9.10. The standard InChI is InChI=1S/C10BrF7/c11-3-4(12)1-2(5(13)8(3)16)7(15)10(18)9(17)6(1)14. The molecule has 0 radical (unpaired) electrons. The van der Waals surface area contributed by atoms with Crippen molar-refractivity contribution in [3.8, 4) is 0 Å². The summed E-state index contributed by atoms with van der Waals surface area (Å²) in [4.78, 5) is 0. The molecule has 8 heteroatoms. The molecule has 0 fully saturated rings. The smallest absolute Gasteiger partial charge is 0.198 e. The molecule has 18 heavy (non-hydrogen) atoms. The van der Waals surface area contributed by atoms with Crippen molar-refractivity contribution in [2.24, 2.45) is 0 Å². The molecule has 0 bridgehead atoms. The molecule has 2 rings (SSSR count). The lowest BCUT2D eigenvalue weighted by atomic mass is 10.1. The summed E-state index contributed by atoms with van der Waals surface area (Å²) in [6.07, 6.45) is 0. The lowest BCUT2D eigenvalue weighted by Gasteiger charge is -2.09. The molecule has 2 aromatic rings. The van der Waals surface area contributed by atoms with Crippen LogP contribution in [0.25, 0.3) is 10.8 Å². The molecule has 0 spiro atoms. The summed E-state index contributed by atoms with van der Waals surface area (Å²) in [6.45, 7) is 0. The minimum atomic E-state index is -2.35. The Hall–Kier alpha value is -1.31. The Bertz CT molecular complexity index is 567. The molecule has 0 aliphatic rings. The van der Waals surface area contributed by atoms with Crippen LogP contribution >= 0.6 is 15.9 Å². The van der Waals surface area contributed by atoms with E-state index < -0.39 is 56.0 Å². The van der Waals surface area contributed by atoms with Crippen molar-refractivity contribution in [3.63, 3.8) is 0 Å². The molecule has 0 saturated carbocycles. The van der Waals surface area contributed by atoms with Crippen molar-refractivity contribution >= 4 is 26.7 Å². The van der Waals surface area contributed by atoms with Gasteiger partial charge in [0.15, 0.2) is 40.7 Å². The van der Waals surface area contributed by atoms with Crippen molar-refractivity contribution < 1.29 is 30.7 Å². The zero-order chi connectivity index (χ0) is 13.8. The molecule has 0 N–H and O–H groups in total. The normalized spacial score (nSPS) is 11.3. The number of hydrogen-bond donors (Lipinski definition) is 0. The first kappa shape index (κ1) is 13.1. The van der Waals surface area contributed by atoms with Crippen LogP contribution in [0.15, 0.2) is 4.47 Å². The van der Waals surface area contributed by atoms with Crippen LogP contribution in [0.4, 0.5) is 30.7 Å². The number of hydrogen-bond acceptors (Lipinski definition) is 0. The van der Waals surface area contributed by atoms with Gasteiger partial charge in [0.2, 0.25) is 0 Å². The summed E-state index contributed by atoms with van der Waals surface area (Å²) in [5.74, 6) is -14.7. The lowest BCUT2D eigenvalue weighted by Crippen LogP contribution is -2.04. The van der Waals surface area contributed by atoms with Crippen molar-refractivity contribution in [3.05, 3.63) is 45.2 Å². The van der Waals surface area contributed by atoms with Crippen LogP contribution in [0.2, 0.25) is 0 Å². The van der Waals surface area contributed by atoms with E-state index >= 15 is 0 Å². The highest BCUT2D eigenvalue weighted by Gasteiger charge is 2.29. The molecule has 0 aliphatic heterocycles. The monoisotopic (exact) mass is 332 g/mol. The van der Waals surface area contributed by atoms with E-state index in [9.17, 15) is 30.7 Å². The molecule has 0 aliphatic carbocycles. The van der Waals surface area contributed by atoms with Crippen LogP contribution in [-0.2, 0) is 0 Å². The maximum Gasteiger partial charge on any atom is 0.198 e. The average molecular weight is 333 g/mol.